The lowest BCUT2D eigenvalue weighted by Crippen LogP contribution is -2.35. The second-order valence-corrected chi connectivity index (χ2v) is 3.74. The van der Waals surface area contributed by atoms with E-state index in [9.17, 15) is 18.0 Å². The monoisotopic (exact) mass is 281 g/mol. The minimum Gasteiger partial charge on any atom is -0.449 e. The lowest BCUT2D eigenvalue weighted by molar-refractivity contribution is -0.137. The van der Waals surface area contributed by atoms with Crippen molar-refractivity contribution in [2.24, 2.45) is 0 Å². The first kappa shape index (κ1) is 14.6. The van der Waals surface area contributed by atoms with E-state index in [4.69, 9.17) is 0 Å². The van der Waals surface area contributed by atoms with Crippen molar-refractivity contribution in [1.29, 1.82) is 0 Å². The van der Waals surface area contributed by atoms with Gasteiger partial charge in [0.05, 0.1) is 18.2 Å². The second-order valence-electron chi connectivity index (χ2n) is 3.74. The van der Waals surface area contributed by atoms with Crippen molar-refractivity contribution in [3.05, 3.63) is 35.4 Å². The molecule has 1 amide bonds. The number of amides is 1. The molecule has 18 heavy (non-hydrogen) atoms. The summed E-state index contributed by atoms with van der Waals surface area (Å²) in [5.74, 6) is 0. The molecule has 1 aromatic rings. The van der Waals surface area contributed by atoms with Gasteiger partial charge >= 0.3 is 12.3 Å². The maximum atomic E-state index is 12.3. The van der Waals surface area contributed by atoms with E-state index < -0.39 is 17.8 Å². The molecule has 100 valence electrons. The fourth-order valence-electron chi connectivity index (χ4n) is 1.68. The van der Waals surface area contributed by atoms with Gasteiger partial charge in [0.1, 0.15) is 0 Å². The summed E-state index contributed by atoms with van der Waals surface area (Å²) in [4.78, 5) is 11.0. The number of nitrogens with one attached hydrogen (secondary N) is 1. The molecule has 7 heteroatoms. The van der Waals surface area contributed by atoms with Crippen LogP contribution in [-0.4, -0.2) is 12.7 Å². The van der Waals surface area contributed by atoms with Crippen molar-refractivity contribution in [1.82, 2.24) is 5.32 Å². The zero-order valence-corrected chi connectivity index (χ0v) is 9.98. The molecule has 0 aromatic heterocycles. The Kier molecular flexibility index (Phi) is 4.45. The van der Waals surface area contributed by atoms with Crippen LogP contribution in [0.25, 0.3) is 0 Å². The first-order valence-electron chi connectivity index (χ1n) is 5.07. The number of rotatable bonds is 1. The van der Waals surface area contributed by atoms with E-state index in [1.165, 1.54) is 12.1 Å². The molecule has 0 saturated carbocycles. The van der Waals surface area contributed by atoms with E-state index in [-0.39, 0.29) is 25.1 Å². The molecular weight excluding hydrogens is 271 g/mol. The number of halogens is 4. The fourth-order valence-corrected chi connectivity index (χ4v) is 1.68. The predicted octanol–water partition coefficient (Wildman–Crippen LogP) is 3.30. The third-order valence-corrected chi connectivity index (χ3v) is 2.57. The number of benzene rings is 1. The van der Waals surface area contributed by atoms with E-state index in [0.717, 1.165) is 12.1 Å². The number of alkyl halides is 3. The molecule has 0 bridgehead atoms. The van der Waals surface area contributed by atoms with Crippen LogP contribution in [0.1, 0.15) is 23.6 Å². The summed E-state index contributed by atoms with van der Waals surface area (Å²) in [5.41, 5.74) is -0.0470. The third kappa shape index (κ3) is 3.29. The number of hydrogen-bond acceptors (Lipinski definition) is 2. The summed E-state index contributed by atoms with van der Waals surface area (Å²) < 4.78 is 41.7. The van der Waals surface area contributed by atoms with Gasteiger partial charge in [0.2, 0.25) is 0 Å². The summed E-state index contributed by atoms with van der Waals surface area (Å²) in [6.45, 7) is 0.275. The molecule has 1 fully saturated rings. The van der Waals surface area contributed by atoms with Crippen LogP contribution in [0.2, 0.25) is 0 Å². The Morgan fingerprint density at radius 3 is 2.33 bits per heavy atom. The number of cyclic esters (lactones) is 1. The normalized spacial score (nSPS) is 19.5. The van der Waals surface area contributed by atoms with Crippen LogP contribution >= 0.6 is 12.4 Å². The topological polar surface area (TPSA) is 38.3 Å². The van der Waals surface area contributed by atoms with Crippen molar-refractivity contribution in [3.63, 3.8) is 0 Å². The Morgan fingerprint density at radius 1 is 1.22 bits per heavy atom. The second kappa shape index (κ2) is 5.48. The first-order valence-corrected chi connectivity index (χ1v) is 5.07. The van der Waals surface area contributed by atoms with Gasteiger partial charge in [-0.2, -0.15) is 13.2 Å². The average molecular weight is 282 g/mol. The highest BCUT2D eigenvalue weighted by molar-refractivity contribution is 5.85. The number of alkyl carbamates (subject to hydrolysis) is 1. The number of ether oxygens (including phenoxy) is 1. The van der Waals surface area contributed by atoms with Gasteiger partial charge in [-0.3, -0.25) is 0 Å². The Hall–Kier alpha value is -1.43. The summed E-state index contributed by atoms with van der Waals surface area (Å²) >= 11 is 0. The highest BCUT2D eigenvalue weighted by Gasteiger charge is 2.30. The van der Waals surface area contributed by atoms with Crippen molar-refractivity contribution < 1.29 is 22.7 Å². The van der Waals surface area contributed by atoms with E-state index in [2.05, 4.69) is 10.1 Å². The van der Waals surface area contributed by atoms with Gasteiger partial charge in [0.15, 0.2) is 0 Å². The molecule has 1 heterocycles. The quantitative estimate of drug-likeness (QED) is 0.858. The zero-order chi connectivity index (χ0) is 12.5. The first-order chi connectivity index (χ1) is 7.97. The van der Waals surface area contributed by atoms with Gasteiger partial charge in [-0.25, -0.2) is 4.79 Å². The van der Waals surface area contributed by atoms with E-state index in [1.807, 2.05) is 0 Å². The lowest BCUT2D eigenvalue weighted by Gasteiger charge is -2.23. The minimum absolute atomic E-state index is 0. The Bertz CT molecular complexity index is 419. The Morgan fingerprint density at radius 2 is 1.83 bits per heavy atom. The highest BCUT2D eigenvalue weighted by Crippen LogP contribution is 2.30. The molecule has 1 N–H and O–H groups in total. The maximum Gasteiger partial charge on any atom is 0.416 e. The average Bonchev–Trinajstić information content (AvgIpc) is 2.28. The van der Waals surface area contributed by atoms with Gasteiger partial charge in [0.25, 0.3) is 0 Å². The molecule has 2 rings (SSSR count). The molecule has 1 saturated heterocycles. The predicted molar refractivity (Wildman–Crippen MR) is 60.5 cm³/mol. The summed E-state index contributed by atoms with van der Waals surface area (Å²) in [7, 11) is 0. The van der Waals surface area contributed by atoms with Crippen LogP contribution in [-0.2, 0) is 10.9 Å². The molecule has 1 aliphatic rings. The Balaban J connectivity index is 0.00000162. The van der Waals surface area contributed by atoms with Crippen molar-refractivity contribution >= 4 is 18.5 Å². The van der Waals surface area contributed by atoms with Crippen LogP contribution in [0.5, 0.6) is 0 Å². The largest absolute Gasteiger partial charge is 0.449 e. The summed E-state index contributed by atoms with van der Waals surface area (Å²) in [6, 6.07) is 4.49. The number of hydrogen-bond donors (Lipinski definition) is 1. The van der Waals surface area contributed by atoms with Crippen LogP contribution in [0, 0.1) is 0 Å². The minimum atomic E-state index is -4.34. The smallest absolute Gasteiger partial charge is 0.416 e. The van der Waals surface area contributed by atoms with E-state index in [1.54, 1.807) is 0 Å². The molecule has 0 spiro atoms. The maximum absolute atomic E-state index is 12.3. The van der Waals surface area contributed by atoms with Gasteiger partial charge in [-0.05, 0) is 17.7 Å². The van der Waals surface area contributed by atoms with Crippen LogP contribution < -0.4 is 5.32 Å². The van der Waals surface area contributed by atoms with Crippen molar-refractivity contribution in [3.8, 4) is 0 Å². The van der Waals surface area contributed by atoms with Gasteiger partial charge in [-0.1, -0.05) is 12.1 Å². The molecule has 3 nitrogen and oxygen atoms in total. The molecule has 1 aromatic carbocycles. The summed E-state index contributed by atoms with van der Waals surface area (Å²) in [6.07, 6.45) is -4.32. The zero-order valence-electron chi connectivity index (χ0n) is 9.16. The summed E-state index contributed by atoms with van der Waals surface area (Å²) in [5, 5.41) is 2.55. The molecular formula is C11H11ClF3NO2. The highest BCUT2D eigenvalue weighted by atomic mass is 35.5. The Labute approximate surface area is 108 Å². The molecule has 0 radical (unpaired) electrons. The molecule has 0 aliphatic carbocycles. The molecule has 0 unspecified atom stereocenters. The van der Waals surface area contributed by atoms with Gasteiger partial charge < -0.3 is 10.1 Å². The standard InChI is InChI=1S/C11H10F3NO2.ClH/c12-11(13,14)8-3-1-7(2-4-8)9-5-6-17-10(16)15-9;/h1-4,9H,5-6H2,(H,15,16);1H/t9-;/m1./s1. The SMILES string of the molecule is Cl.O=C1N[C@@H](c2ccc(C(F)(F)F)cc2)CCO1. The molecule has 1 atom stereocenters. The number of carbonyl (C=O) groups is 1. The third-order valence-electron chi connectivity index (χ3n) is 2.57. The van der Waals surface area contributed by atoms with E-state index in [0.29, 0.717) is 12.0 Å². The van der Waals surface area contributed by atoms with Crippen molar-refractivity contribution in [2.75, 3.05) is 6.61 Å². The van der Waals surface area contributed by atoms with Crippen molar-refractivity contribution in [2.45, 2.75) is 18.6 Å². The fraction of sp³-hybridized carbons (Fsp3) is 0.364. The van der Waals surface area contributed by atoms with E-state index >= 15 is 0 Å². The number of carbonyl (C=O) groups excluding carboxylic acids is 1. The lowest BCUT2D eigenvalue weighted by atomic mass is 10.0. The van der Waals surface area contributed by atoms with Gasteiger partial charge in [-0.15, -0.1) is 12.4 Å². The van der Waals surface area contributed by atoms with Crippen LogP contribution in [0.3, 0.4) is 0 Å². The van der Waals surface area contributed by atoms with Crippen LogP contribution in [0.4, 0.5) is 18.0 Å². The molecule has 1 aliphatic heterocycles. The van der Waals surface area contributed by atoms with Gasteiger partial charge in [0, 0.05) is 6.42 Å². The van der Waals surface area contributed by atoms with Crippen LogP contribution in [0.15, 0.2) is 24.3 Å².